The molecule has 0 saturated carbocycles. The van der Waals surface area contributed by atoms with Crippen molar-refractivity contribution in [2.24, 2.45) is 5.73 Å². The van der Waals surface area contributed by atoms with E-state index in [4.69, 9.17) is 16.9 Å². The third-order valence-electron chi connectivity index (χ3n) is 3.28. The fraction of sp³-hybridized carbons (Fsp3) is 0.125. The summed E-state index contributed by atoms with van der Waals surface area (Å²) in [5, 5.41) is 10.0. The minimum atomic E-state index is -0.357. The molecule has 2 aromatic rings. The van der Waals surface area contributed by atoms with Gasteiger partial charge in [0.05, 0.1) is 5.69 Å². The maximum atomic E-state index is 13.2. The van der Waals surface area contributed by atoms with Gasteiger partial charge in [0.1, 0.15) is 11.7 Å². The molecule has 22 heavy (non-hydrogen) atoms. The van der Waals surface area contributed by atoms with Crippen LogP contribution in [0.4, 0.5) is 10.1 Å². The number of hydrogen-bond donors (Lipinski definition) is 3. The van der Waals surface area contributed by atoms with Crippen molar-refractivity contribution in [1.29, 1.82) is 5.41 Å². The molecule has 0 aliphatic rings. The second kappa shape index (κ2) is 6.26. The van der Waals surface area contributed by atoms with Gasteiger partial charge in [-0.05, 0) is 42.3 Å². The van der Waals surface area contributed by atoms with Gasteiger partial charge >= 0.3 is 0 Å². The summed E-state index contributed by atoms with van der Waals surface area (Å²) in [7, 11) is 0. The molecule has 1 amide bonds. The first-order valence-electron chi connectivity index (χ1n) is 6.61. The van der Waals surface area contributed by atoms with Crippen molar-refractivity contribution in [3.8, 4) is 0 Å². The van der Waals surface area contributed by atoms with Gasteiger partial charge in [-0.1, -0.05) is 12.1 Å². The molecule has 0 fully saturated rings. The van der Waals surface area contributed by atoms with Crippen LogP contribution in [0.25, 0.3) is 0 Å². The van der Waals surface area contributed by atoms with Gasteiger partial charge in [0.25, 0.3) is 5.91 Å². The van der Waals surface area contributed by atoms with E-state index >= 15 is 0 Å². The number of aryl methyl sites for hydroxylation is 1. The van der Waals surface area contributed by atoms with Crippen molar-refractivity contribution < 1.29 is 9.18 Å². The quantitative estimate of drug-likeness (QED) is 0.595. The minimum absolute atomic E-state index is 0.106. The van der Waals surface area contributed by atoms with Gasteiger partial charge in [0, 0.05) is 17.7 Å². The molecule has 2 rings (SSSR count). The lowest BCUT2D eigenvalue weighted by atomic mass is 10.1. The zero-order chi connectivity index (χ0) is 16.3. The lowest BCUT2D eigenvalue weighted by Gasteiger charge is -2.09. The summed E-state index contributed by atoms with van der Waals surface area (Å²) in [4.78, 5) is 12.0. The number of carbonyl (C=O) groups is 1. The number of amidine groups is 1. The highest BCUT2D eigenvalue weighted by Crippen LogP contribution is 2.16. The van der Waals surface area contributed by atoms with Gasteiger partial charge in [-0.3, -0.25) is 10.2 Å². The van der Waals surface area contributed by atoms with Crippen molar-refractivity contribution in [3.05, 3.63) is 64.5 Å². The fourth-order valence-corrected chi connectivity index (χ4v) is 1.96. The molecule has 113 valence electrons. The van der Waals surface area contributed by atoms with Crippen molar-refractivity contribution in [1.82, 2.24) is 11.1 Å². The van der Waals surface area contributed by atoms with Gasteiger partial charge in [-0.15, -0.1) is 0 Å². The highest BCUT2D eigenvalue weighted by Gasteiger charge is 2.09. The predicted molar refractivity (Wildman–Crippen MR) is 82.5 cm³/mol. The summed E-state index contributed by atoms with van der Waals surface area (Å²) >= 11 is 0. The van der Waals surface area contributed by atoms with Crippen molar-refractivity contribution >= 4 is 17.4 Å². The summed E-state index contributed by atoms with van der Waals surface area (Å²) in [5.41, 5.74) is 15.3. The van der Waals surface area contributed by atoms with E-state index in [1.807, 2.05) is 0 Å². The number of nitrogens with two attached hydrogens (primary N) is 1. The molecular weight excluding hydrogens is 283 g/mol. The Morgan fingerprint density at radius 2 is 1.91 bits per heavy atom. The van der Waals surface area contributed by atoms with Crippen LogP contribution in [0.3, 0.4) is 0 Å². The van der Waals surface area contributed by atoms with Crippen LogP contribution in [0, 0.1) is 18.2 Å². The molecule has 0 unspecified atom stereocenters. The number of nitrogens with one attached hydrogen (secondary N) is 3. The van der Waals surface area contributed by atoms with Crippen LogP contribution in [-0.4, -0.2) is 11.7 Å². The first kappa shape index (κ1) is 15.5. The topological polar surface area (TPSA) is 103 Å². The largest absolute Gasteiger partial charge is 0.384 e. The number of benzene rings is 2. The molecule has 1 radical (unpaired) electrons. The van der Waals surface area contributed by atoms with Gasteiger partial charge in [-0.25, -0.2) is 4.39 Å². The Kier molecular flexibility index (Phi) is 4.41. The predicted octanol–water partition coefficient (Wildman–Crippen LogP) is 2.26. The zero-order valence-corrected chi connectivity index (χ0v) is 12.0. The molecule has 0 saturated heterocycles. The van der Waals surface area contributed by atoms with Crippen LogP contribution in [0.2, 0.25) is 0 Å². The van der Waals surface area contributed by atoms with Crippen molar-refractivity contribution in [2.45, 2.75) is 13.5 Å². The Morgan fingerprint density at radius 3 is 2.50 bits per heavy atom. The summed E-state index contributed by atoms with van der Waals surface area (Å²) in [5.74, 6) is -0.797. The Morgan fingerprint density at radius 1 is 1.23 bits per heavy atom. The van der Waals surface area contributed by atoms with Crippen LogP contribution >= 0.6 is 0 Å². The lowest BCUT2D eigenvalue weighted by Crippen LogP contribution is -2.23. The number of rotatable bonds is 4. The molecule has 0 aliphatic heterocycles. The van der Waals surface area contributed by atoms with E-state index in [1.54, 1.807) is 19.1 Å². The van der Waals surface area contributed by atoms with Gasteiger partial charge < -0.3 is 16.8 Å². The molecule has 0 bridgehead atoms. The van der Waals surface area contributed by atoms with Crippen LogP contribution in [0.5, 0.6) is 0 Å². The highest BCUT2D eigenvalue weighted by atomic mass is 19.1. The fourth-order valence-electron chi connectivity index (χ4n) is 1.96. The minimum Gasteiger partial charge on any atom is -0.384 e. The Labute approximate surface area is 127 Å². The molecule has 0 aromatic heterocycles. The number of halogens is 1. The molecule has 0 heterocycles. The van der Waals surface area contributed by atoms with Crippen molar-refractivity contribution in [3.63, 3.8) is 0 Å². The molecular formula is C16H16FN4O. The number of hydrogen-bond acceptors (Lipinski definition) is 2. The monoisotopic (exact) mass is 299 g/mol. The normalized spacial score (nSPS) is 10.3. The smallest absolute Gasteiger partial charge is 0.251 e. The first-order valence-corrected chi connectivity index (χ1v) is 6.61. The second-order valence-electron chi connectivity index (χ2n) is 4.93. The molecule has 5 nitrogen and oxygen atoms in total. The van der Waals surface area contributed by atoms with Crippen LogP contribution < -0.4 is 16.8 Å². The lowest BCUT2D eigenvalue weighted by molar-refractivity contribution is 0.0951. The molecule has 5 N–H and O–H groups in total. The Hall–Kier alpha value is -2.89. The molecule has 6 heteroatoms. The number of amides is 1. The third-order valence-corrected chi connectivity index (χ3v) is 3.28. The summed E-state index contributed by atoms with van der Waals surface area (Å²) < 4.78 is 13.2. The summed E-state index contributed by atoms with van der Waals surface area (Å²) in [6, 6.07) is 8.90. The van der Waals surface area contributed by atoms with Gasteiger partial charge in [0.2, 0.25) is 0 Å². The van der Waals surface area contributed by atoms with E-state index in [2.05, 4.69) is 5.32 Å². The van der Waals surface area contributed by atoms with E-state index in [-0.39, 0.29) is 29.8 Å². The van der Waals surface area contributed by atoms with Crippen LogP contribution in [-0.2, 0) is 6.54 Å². The molecule has 0 spiro atoms. The average molecular weight is 299 g/mol. The number of carbonyl (C=O) groups excluding carboxylic acids is 1. The van der Waals surface area contributed by atoms with E-state index < -0.39 is 0 Å². The van der Waals surface area contributed by atoms with E-state index in [9.17, 15) is 9.18 Å². The van der Waals surface area contributed by atoms with E-state index in [0.29, 0.717) is 22.3 Å². The second-order valence-corrected chi connectivity index (χ2v) is 4.93. The van der Waals surface area contributed by atoms with Crippen molar-refractivity contribution in [2.75, 3.05) is 0 Å². The summed E-state index contributed by atoms with van der Waals surface area (Å²) in [6.07, 6.45) is 0. The Balaban J connectivity index is 2.07. The first-order chi connectivity index (χ1) is 10.4. The summed E-state index contributed by atoms with van der Waals surface area (Å²) in [6.45, 7) is 1.76. The maximum Gasteiger partial charge on any atom is 0.251 e. The third kappa shape index (κ3) is 3.41. The van der Waals surface area contributed by atoms with Gasteiger partial charge in [0.15, 0.2) is 0 Å². The highest BCUT2D eigenvalue weighted by molar-refractivity contribution is 5.96. The average Bonchev–Trinajstić information content (AvgIpc) is 2.48. The maximum absolute atomic E-state index is 13.2. The zero-order valence-electron chi connectivity index (χ0n) is 12.0. The molecule has 2 aromatic carbocycles. The SMILES string of the molecule is Cc1cc(C(=O)NCc2ccc(C(=N)N)cc2[NH])ccc1F. The number of nitrogen functional groups attached to an aromatic ring is 1. The van der Waals surface area contributed by atoms with Crippen LogP contribution in [0.1, 0.15) is 27.0 Å². The molecule has 0 atom stereocenters. The standard InChI is InChI=1S/C16H16FN4O/c1-9-6-11(4-5-13(9)17)16(22)21-8-12-3-2-10(15(19)20)7-14(12)18/h2-7,18H,8H2,1H3,(H3,19,20)(H,21,22). The van der Waals surface area contributed by atoms with E-state index in [1.165, 1.54) is 24.3 Å². The van der Waals surface area contributed by atoms with E-state index in [0.717, 1.165) is 0 Å². The van der Waals surface area contributed by atoms with Crippen LogP contribution in [0.15, 0.2) is 36.4 Å². The van der Waals surface area contributed by atoms with Gasteiger partial charge in [-0.2, -0.15) is 0 Å². The molecule has 0 aliphatic carbocycles. The Bertz CT molecular complexity index is 743.